The molecule has 0 saturated heterocycles. The second kappa shape index (κ2) is 8.83. The fourth-order valence-electron chi connectivity index (χ4n) is 2.26. The Kier molecular flexibility index (Phi) is 6.69. The molecule has 20 heavy (non-hydrogen) atoms. The zero-order valence-corrected chi connectivity index (χ0v) is 12.6. The molecule has 0 spiro atoms. The maximum absolute atomic E-state index is 8.95. The van der Waals surface area contributed by atoms with E-state index < -0.39 is 0 Å². The highest BCUT2D eigenvalue weighted by Crippen LogP contribution is 2.21. The minimum atomic E-state index is 0.288. The lowest BCUT2D eigenvalue weighted by Crippen LogP contribution is -2.12. The SMILES string of the molecule is OCCCSC(Cc1ccccc1)Cc1ccccc1. The van der Waals surface area contributed by atoms with Crippen molar-refractivity contribution in [2.75, 3.05) is 12.4 Å². The fraction of sp³-hybridized carbons (Fsp3) is 0.333. The lowest BCUT2D eigenvalue weighted by atomic mass is 10.0. The van der Waals surface area contributed by atoms with Gasteiger partial charge in [-0.2, -0.15) is 11.8 Å². The van der Waals surface area contributed by atoms with Crippen LogP contribution in [0.25, 0.3) is 0 Å². The van der Waals surface area contributed by atoms with Crippen molar-refractivity contribution in [1.29, 1.82) is 0 Å². The molecule has 0 heterocycles. The molecule has 0 aliphatic carbocycles. The summed E-state index contributed by atoms with van der Waals surface area (Å²) in [5.41, 5.74) is 2.79. The number of benzene rings is 2. The summed E-state index contributed by atoms with van der Waals surface area (Å²) in [5, 5.41) is 9.52. The molecule has 0 aromatic heterocycles. The van der Waals surface area contributed by atoms with E-state index in [1.807, 2.05) is 11.8 Å². The molecule has 106 valence electrons. The fourth-order valence-corrected chi connectivity index (χ4v) is 3.51. The van der Waals surface area contributed by atoms with Crippen LogP contribution in [0, 0.1) is 0 Å². The molecule has 0 amide bonds. The quantitative estimate of drug-likeness (QED) is 0.741. The number of aliphatic hydroxyl groups is 1. The van der Waals surface area contributed by atoms with Gasteiger partial charge in [-0.3, -0.25) is 0 Å². The average molecular weight is 286 g/mol. The van der Waals surface area contributed by atoms with Gasteiger partial charge in [-0.25, -0.2) is 0 Å². The van der Waals surface area contributed by atoms with Crippen molar-refractivity contribution in [1.82, 2.24) is 0 Å². The Morgan fingerprint density at radius 2 is 1.30 bits per heavy atom. The van der Waals surface area contributed by atoms with Crippen molar-refractivity contribution in [2.24, 2.45) is 0 Å². The number of hydrogen-bond acceptors (Lipinski definition) is 2. The van der Waals surface area contributed by atoms with Crippen molar-refractivity contribution < 1.29 is 5.11 Å². The molecule has 0 bridgehead atoms. The van der Waals surface area contributed by atoms with Crippen molar-refractivity contribution in [2.45, 2.75) is 24.5 Å². The van der Waals surface area contributed by atoms with Gasteiger partial charge in [-0.05, 0) is 36.1 Å². The van der Waals surface area contributed by atoms with Crippen molar-refractivity contribution in [3.8, 4) is 0 Å². The van der Waals surface area contributed by atoms with Crippen LogP contribution in [0.15, 0.2) is 60.7 Å². The molecule has 0 aliphatic rings. The van der Waals surface area contributed by atoms with E-state index >= 15 is 0 Å². The Labute approximate surface area is 126 Å². The van der Waals surface area contributed by atoms with E-state index in [2.05, 4.69) is 60.7 Å². The highest BCUT2D eigenvalue weighted by Gasteiger charge is 2.11. The van der Waals surface area contributed by atoms with Gasteiger partial charge in [0.15, 0.2) is 0 Å². The summed E-state index contributed by atoms with van der Waals surface area (Å²) in [7, 11) is 0. The Morgan fingerprint density at radius 3 is 1.75 bits per heavy atom. The van der Waals surface area contributed by atoms with E-state index in [-0.39, 0.29) is 6.61 Å². The molecule has 0 saturated carbocycles. The summed E-state index contributed by atoms with van der Waals surface area (Å²) in [4.78, 5) is 0. The second-order valence-electron chi connectivity index (χ2n) is 4.95. The van der Waals surface area contributed by atoms with E-state index in [4.69, 9.17) is 5.11 Å². The van der Waals surface area contributed by atoms with E-state index in [1.165, 1.54) is 11.1 Å². The third-order valence-corrected chi connectivity index (χ3v) is 4.60. The summed E-state index contributed by atoms with van der Waals surface area (Å²) >= 11 is 1.98. The van der Waals surface area contributed by atoms with Crippen LogP contribution in [0.3, 0.4) is 0 Å². The number of thioether (sulfide) groups is 1. The lowest BCUT2D eigenvalue weighted by Gasteiger charge is -2.17. The first-order valence-corrected chi connectivity index (χ1v) is 8.23. The van der Waals surface area contributed by atoms with Gasteiger partial charge in [-0.15, -0.1) is 0 Å². The zero-order valence-electron chi connectivity index (χ0n) is 11.7. The Morgan fingerprint density at radius 1 is 0.800 bits per heavy atom. The maximum Gasteiger partial charge on any atom is 0.0438 e. The van der Waals surface area contributed by atoms with Crippen LogP contribution >= 0.6 is 11.8 Å². The van der Waals surface area contributed by atoms with Gasteiger partial charge in [0, 0.05) is 11.9 Å². The molecule has 1 nitrogen and oxygen atoms in total. The number of rotatable bonds is 8. The topological polar surface area (TPSA) is 20.2 Å². The van der Waals surface area contributed by atoms with Crippen LogP contribution < -0.4 is 0 Å². The molecule has 0 radical (unpaired) electrons. The van der Waals surface area contributed by atoms with Crippen LogP contribution in [0.2, 0.25) is 0 Å². The number of aliphatic hydroxyl groups excluding tert-OH is 1. The Balaban J connectivity index is 1.96. The second-order valence-corrected chi connectivity index (χ2v) is 6.36. The van der Waals surface area contributed by atoms with Gasteiger partial charge < -0.3 is 5.11 Å². The van der Waals surface area contributed by atoms with E-state index in [0.29, 0.717) is 5.25 Å². The Bertz CT molecular complexity index is 428. The average Bonchev–Trinajstić information content (AvgIpc) is 2.49. The van der Waals surface area contributed by atoms with Gasteiger partial charge in [0.1, 0.15) is 0 Å². The molecule has 0 fully saturated rings. The standard InChI is InChI=1S/C18H22OS/c19-12-7-13-20-18(14-16-8-3-1-4-9-16)15-17-10-5-2-6-11-17/h1-6,8-11,18-19H,7,12-15H2. The largest absolute Gasteiger partial charge is 0.396 e. The number of hydrogen-bond donors (Lipinski definition) is 1. The summed E-state index contributed by atoms with van der Waals surface area (Å²) in [6, 6.07) is 21.3. The van der Waals surface area contributed by atoms with Crippen molar-refractivity contribution >= 4 is 11.8 Å². The van der Waals surface area contributed by atoms with Gasteiger partial charge >= 0.3 is 0 Å². The van der Waals surface area contributed by atoms with Gasteiger partial charge in [0.05, 0.1) is 0 Å². The van der Waals surface area contributed by atoms with Gasteiger partial charge in [0.2, 0.25) is 0 Å². The summed E-state index contributed by atoms with van der Waals surface area (Å²) < 4.78 is 0. The third-order valence-electron chi connectivity index (χ3n) is 3.27. The van der Waals surface area contributed by atoms with Crippen LogP contribution in [-0.2, 0) is 12.8 Å². The summed E-state index contributed by atoms with van der Waals surface area (Å²) in [6.45, 7) is 0.288. The minimum absolute atomic E-state index is 0.288. The smallest absolute Gasteiger partial charge is 0.0438 e. The molecule has 0 aliphatic heterocycles. The highest BCUT2D eigenvalue weighted by molar-refractivity contribution is 7.99. The first-order chi connectivity index (χ1) is 9.88. The molecule has 1 N–H and O–H groups in total. The van der Waals surface area contributed by atoms with E-state index in [1.54, 1.807) is 0 Å². The van der Waals surface area contributed by atoms with Crippen LogP contribution in [-0.4, -0.2) is 22.7 Å². The molecule has 0 unspecified atom stereocenters. The van der Waals surface area contributed by atoms with Crippen molar-refractivity contribution in [3.63, 3.8) is 0 Å². The predicted octanol–water partition coefficient (Wildman–Crippen LogP) is 3.96. The molecular weight excluding hydrogens is 264 g/mol. The Hall–Kier alpha value is -1.25. The first kappa shape index (κ1) is 15.1. The monoisotopic (exact) mass is 286 g/mol. The zero-order chi connectivity index (χ0) is 14.0. The molecule has 2 aromatic rings. The van der Waals surface area contributed by atoms with Gasteiger partial charge in [0.25, 0.3) is 0 Å². The molecule has 2 rings (SSSR count). The minimum Gasteiger partial charge on any atom is -0.396 e. The van der Waals surface area contributed by atoms with Crippen molar-refractivity contribution in [3.05, 3.63) is 71.8 Å². The van der Waals surface area contributed by atoms with Crippen LogP contribution in [0.5, 0.6) is 0 Å². The van der Waals surface area contributed by atoms with E-state index in [9.17, 15) is 0 Å². The maximum atomic E-state index is 8.95. The molecular formula is C18H22OS. The molecule has 2 heteroatoms. The van der Waals surface area contributed by atoms with E-state index in [0.717, 1.165) is 25.0 Å². The predicted molar refractivity (Wildman–Crippen MR) is 88.2 cm³/mol. The molecule has 0 atom stereocenters. The van der Waals surface area contributed by atoms with Crippen LogP contribution in [0.4, 0.5) is 0 Å². The normalized spacial score (nSPS) is 10.9. The lowest BCUT2D eigenvalue weighted by molar-refractivity contribution is 0.296. The third kappa shape index (κ3) is 5.40. The molecule has 2 aromatic carbocycles. The highest BCUT2D eigenvalue weighted by atomic mass is 32.2. The first-order valence-electron chi connectivity index (χ1n) is 7.19. The van der Waals surface area contributed by atoms with Crippen LogP contribution in [0.1, 0.15) is 17.5 Å². The van der Waals surface area contributed by atoms with Gasteiger partial charge in [-0.1, -0.05) is 60.7 Å². The summed E-state index contributed by atoms with van der Waals surface area (Å²) in [5.74, 6) is 1.03. The summed E-state index contributed by atoms with van der Waals surface area (Å²) in [6.07, 6.45) is 3.06.